The molecule has 2 aromatic heterocycles. The van der Waals surface area contributed by atoms with E-state index in [4.69, 9.17) is 10.2 Å². The van der Waals surface area contributed by atoms with Crippen LogP contribution < -0.4 is 5.14 Å². The smallest absolute Gasteiger partial charge is 0.355 e. The number of nitrogens with zero attached hydrogens (tertiary/aromatic N) is 3. The molecule has 2 aromatic carbocycles. The molecule has 0 saturated heterocycles. The first-order valence-electron chi connectivity index (χ1n) is 13.7. The summed E-state index contributed by atoms with van der Waals surface area (Å²) in [6, 6.07) is 12.6. The van der Waals surface area contributed by atoms with Crippen molar-refractivity contribution in [2.24, 2.45) is 17.0 Å². The molecule has 1 unspecified atom stereocenters. The van der Waals surface area contributed by atoms with Gasteiger partial charge in [-0.05, 0) is 67.9 Å². The molecule has 4 aromatic rings. The number of carbonyl (C=O) groups is 1. The van der Waals surface area contributed by atoms with E-state index in [2.05, 4.69) is 16.8 Å². The van der Waals surface area contributed by atoms with Gasteiger partial charge >= 0.3 is 5.97 Å². The number of carboxylic acid groups (broad SMARTS) is 1. The molecule has 2 aliphatic carbocycles. The van der Waals surface area contributed by atoms with Gasteiger partial charge in [-0.1, -0.05) is 42.9 Å². The first kappa shape index (κ1) is 27.5. The van der Waals surface area contributed by atoms with E-state index in [0.717, 1.165) is 60.2 Å². The summed E-state index contributed by atoms with van der Waals surface area (Å²) in [7, 11) is -1.92. The third-order valence-electron chi connectivity index (χ3n) is 7.67. The molecule has 2 fully saturated rings. The molecule has 2 heterocycles. The van der Waals surface area contributed by atoms with Crippen LogP contribution in [-0.4, -0.2) is 30.0 Å². The maximum absolute atomic E-state index is 14.8. The lowest BCUT2D eigenvalue weighted by Crippen LogP contribution is -2.07. The fraction of sp³-hybridized carbons (Fsp3) is 0.323. The van der Waals surface area contributed by atoms with E-state index in [1.807, 2.05) is 24.3 Å². The first-order chi connectivity index (χ1) is 19.9. The number of benzene rings is 2. The van der Waals surface area contributed by atoms with Crippen molar-refractivity contribution in [1.29, 1.82) is 0 Å². The predicted molar refractivity (Wildman–Crippen MR) is 157 cm³/mol. The number of aromatic carboxylic acids is 1. The highest BCUT2D eigenvalue weighted by Gasteiger charge is 2.29. The van der Waals surface area contributed by atoms with Crippen molar-refractivity contribution >= 4 is 28.3 Å². The number of hydrogen-bond donors (Lipinski definition) is 2. The molecule has 210 valence electrons. The second-order valence-electron chi connectivity index (χ2n) is 10.7. The molecule has 2 saturated carbocycles. The summed E-state index contributed by atoms with van der Waals surface area (Å²) in [5.41, 5.74) is 5.03. The maximum atomic E-state index is 14.8. The summed E-state index contributed by atoms with van der Waals surface area (Å²) in [6.45, 7) is 0. The minimum absolute atomic E-state index is 0.0300. The van der Waals surface area contributed by atoms with E-state index in [0.29, 0.717) is 29.0 Å². The van der Waals surface area contributed by atoms with Crippen LogP contribution in [0.2, 0.25) is 0 Å². The lowest BCUT2D eigenvalue weighted by Gasteiger charge is -2.10. The van der Waals surface area contributed by atoms with E-state index in [1.54, 1.807) is 10.7 Å². The Labute approximate surface area is 244 Å². The van der Waals surface area contributed by atoms with Crippen LogP contribution >= 0.6 is 11.3 Å². The molecular formula is C31H29FN4O3S2. The summed E-state index contributed by atoms with van der Waals surface area (Å²) in [6.07, 6.45) is 8.09. The fourth-order valence-corrected chi connectivity index (χ4v) is 6.57. The van der Waals surface area contributed by atoms with Crippen LogP contribution in [0, 0.1) is 29.5 Å². The minimum Gasteiger partial charge on any atom is -0.476 e. The molecule has 0 radical (unpaired) electrons. The second kappa shape index (κ2) is 11.7. The van der Waals surface area contributed by atoms with E-state index in [-0.39, 0.29) is 10.6 Å². The van der Waals surface area contributed by atoms with Crippen LogP contribution in [0.3, 0.4) is 0 Å². The summed E-state index contributed by atoms with van der Waals surface area (Å²) in [4.78, 5) is 15.9. The third-order valence-corrected chi connectivity index (χ3v) is 9.25. The quantitative estimate of drug-likeness (QED) is 0.249. The van der Waals surface area contributed by atoms with Gasteiger partial charge in [0.05, 0.1) is 16.3 Å². The molecule has 6 rings (SSSR count). The molecule has 3 N–H and O–H groups in total. The molecule has 1 atom stereocenters. The fourth-order valence-electron chi connectivity index (χ4n) is 5.35. The van der Waals surface area contributed by atoms with Crippen LogP contribution in [-0.2, 0) is 23.8 Å². The van der Waals surface area contributed by atoms with Gasteiger partial charge in [0.1, 0.15) is 16.8 Å². The van der Waals surface area contributed by atoms with Crippen LogP contribution in [0.15, 0.2) is 52.7 Å². The molecule has 0 amide bonds. The number of nitrogens with two attached hydrogens (primary N) is 1. The molecule has 7 nitrogen and oxygen atoms in total. The van der Waals surface area contributed by atoms with Crippen LogP contribution in [0.4, 0.5) is 4.39 Å². The highest BCUT2D eigenvalue weighted by atomic mass is 32.2. The predicted octanol–water partition coefficient (Wildman–Crippen LogP) is 5.90. The van der Waals surface area contributed by atoms with Crippen molar-refractivity contribution in [1.82, 2.24) is 14.8 Å². The number of halogens is 1. The molecule has 41 heavy (non-hydrogen) atoms. The standard InChI is InChI=1S/C31H29FN4O3S2/c32-25-16-22(12-13-28(25)41(33)39)15-24-27(17-21-10-11-21)36(31-34-26(18-40-31)30(37)38)35-29(24)23-7-3-6-20(14-23)9-8-19-4-1-2-5-19/h3,6-7,12-14,16,18-19,21H,1-2,4-5,10-11,15,17,33H2,(H,37,38). The Morgan fingerprint density at radius 1 is 1.17 bits per heavy atom. The van der Waals surface area contributed by atoms with Gasteiger partial charge in [-0.2, -0.15) is 5.10 Å². The van der Waals surface area contributed by atoms with E-state index in [9.17, 15) is 18.5 Å². The Hall–Kier alpha value is -3.65. The van der Waals surface area contributed by atoms with Crippen molar-refractivity contribution < 1.29 is 18.5 Å². The summed E-state index contributed by atoms with van der Waals surface area (Å²) < 4.78 is 28.3. The minimum atomic E-state index is -1.92. The van der Waals surface area contributed by atoms with Crippen molar-refractivity contribution in [2.45, 2.75) is 56.3 Å². The second-order valence-corrected chi connectivity index (χ2v) is 12.6. The molecule has 0 bridgehead atoms. The largest absolute Gasteiger partial charge is 0.476 e. The number of carboxylic acids is 1. The van der Waals surface area contributed by atoms with Crippen molar-refractivity contribution in [3.8, 4) is 28.2 Å². The van der Waals surface area contributed by atoms with Crippen LogP contribution in [0.5, 0.6) is 0 Å². The van der Waals surface area contributed by atoms with Crippen molar-refractivity contribution in [2.75, 3.05) is 0 Å². The molecular weight excluding hydrogens is 559 g/mol. The summed E-state index contributed by atoms with van der Waals surface area (Å²) in [5.74, 6) is 6.01. The van der Waals surface area contributed by atoms with Crippen molar-refractivity contribution in [3.63, 3.8) is 0 Å². The van der Waals surface area contributed by atoms with E-state index < -0.39 is 22.8 Å². The zero-order valence-corrected chi connectivity index (χ0v) is 23.9. The van der Waals surface area contributed by atoms with Gasteiger partial charge in [-0.25, -0.2) is 28.2 Å². The zero-order valence-electron chi connectivity index (χ0n) is 22.3. The Kier molecular flexibility index (Phi) is 7.84. The molecule has 2 aliphatic rings. The number of hydrogen-bond acceptors (Lipinski definition) is 5. The number of rotatable bonds is 8. The van der Waals surface area contributed by atoms with E-state index >= 15 is 0 Å². The van der Waals surface area contributed by atoms with Gasteiger partial charge in [0.25, 0.3) is 0 Å². The van der Waals surface area contributed by atoms with Gasteiger partial charge in [0, 0.05) is 34.4 Å². The van der Waals surface area contributed by atoms with Gasteiger partial charge in [0.2, 0.25) is 5.13 Å². The highest BCUT2D eigenvalue weighted by molar-refractivity contribution is 7.82. The van der Waals surface area contributed by atoms with Gasteiger partial charge in [-0.3, -0.25) is 0 Å². The Morgan fingerprint density at radius 3 is 2.66 bits per heavy atom. The number of aromatic nitrogens is 3. The lowest BCUT2D eigenvalue weighted by atomic mass is 9.96. The number of thiazole rings is 1. The maximum Gasteiger partial charge on any atom is 0.355 e. The average Bonchev–Trinajstić information content (AvgIpc) is 3.31. The average molecular weight is 589 g/mol. The highest BCUT2D eigenvalue weighted by Crippen LogP contribution is 2.38. The summed E-state index contributed by atoms with van der Waals surface area (Å²) >= 11 is 1.23. The summed E-state index contributed by atoms with van der Waals surface area (Å²) in [5, 5.41) is 21.9. The Balaban J connectivity index is 1.47. The van der Waals surface area contributed by atoms with Crippen LogP contribution in [0.25, 0.3) is 16.4 Å². The molecule has 0 aliphatic heterocycles. The zero-order chi connectivity index (χ0) is 28.5. The van der Waals surface area contributed by atoms with Gasteiger partial charge in [0.15, 0.2) is 5.69 Å². The Morgan fingerprint density at radius 2 is 1.98 bits per heavy atom. The van der Waals surface area contributed by atoms with Crippen molar-refractivity contribution in [3.05, 3.63) is 81.7 Å². The lowest BCUT2D eigenvalue weighted by molar-refractivity contribution is 0.0691. The molecule has 0 spiro atoms. The normalized spacial score (nSPS) is 16.0. The SMILES string of the molecule is NS(=O)c1ccc(Cc2c(-c3cccc(C#CC4CCCC4)c3)nn(-c3nc(C(=O)O)cs3)c2CC2CC2)cc1F. The topological polar surface area (TPSA) is 111 Å². The molecule has 10 heteroatoms. The Bertz CT molecular complexity index is 1710. The monoisotopic (exact) mass is 588 g/mol. The first-order valence-corrected chi connectivity index (χ1v) is 15.8. The van der Waals surface area contributed by atoms with E-state index in [1.165, 1.54) is 41.7 Å². The van der Waals surface area contributed by atoms with Gasteiger partial charge in [-0.15, -0.1) is 11.3 Å². The third kappa shape index (κ3) is 6.17. The van der Waals surface area contributed by atoms with Crippen LogP contribution in [0.1, 0.15) is 71.4 Å². The van der Waals surface area contributed by atoms with Gasteiger partial charge < -0.3 is 5.11 Å².